The fourth-order valence-electron chi connectivity index (χ4n) is 3.22. The van der Waals surface area contributed by atoms with E-state index in [1.165, 1.54) is 4.90 Å². The zero-order valence-corrected chi connectivity index (χ0v) is 20.1. The van der Waals surface area contributed by atoms with Gasteiger partial charge < -0.3 is 14.5 Å². The van der Waals surface area contributed by atoms with Crippen molar-refractivity contribution in [1.82, 2.24) is 9.80 Å². The Labute approximate surface area is 203 Å². The molecule has 2 aromatic carbocycles. The van der Waals surface area contributed by atoms with Gasteiger partial charge in [-0.2, -0.15) is 0 Å². The lowest BCUT2D eigenvalue weighted by atomic mass is 10.2. The number of thiophene rings is 1. The lowest BCUT2D eigenvalue weighted by molar-refractivity contribution is -0.141. The number of amides is 2. The molecule has 0 spiro atoms. The van der Waals surface area contributed by atoms with E-state index in [9.17, 15) is 9.59 Å². The van der Waals surface area contributed by atoms with Gasteiger partial charge in [0.05, 0.1) is 6.54 Å². The van der Waals surface area contributed by atoms with E-state index >= 15 is 0 Å². The van der Waals surface area contributed by atoms with Crippen molar-refractivity contribution in [2.75, 3.05) is 19.7 Å². The minimum atomic E-state index is -0.287. The summed E-state index contributed by atoms with van der Waals surface area (Å²) in [6.07, 6.45) is 1.61. The molecule has 1 aromatic heterocycles. The number of benzene rings is 2. The van der Waals surface area contributed by atoms with Crippen LogP contribution in [0, 0.1) is 6.92 Å². The molecule has 33 heavy (non-hydrogen) atoms. The normalized spacial score (nSPS) is 10.5. The summed E-state index contributed by atoms with van der Waals surface area (Å²) < 4.78 is 5.58. The Hall–Kier alpha value is -3.09. The Morgan fingerprint density at radius 3 is 2.36 bits per heavy atom. The van der Waals surface area contributed by atoms with Crippen molar-refractivity contribution >= 4 is 34.8 Å². The van der Waals surface area contributed by atoms with Gasteiger partial charge in [0, 0.05) is 23.0 Å². The number of hydrogen-bond donors (Lipinski definition) is 0. The molecule has 0 radical (unpaired) electrons. The summed E-state index contributed by atoms with van der Waals surface area (Å²) in [5.74, 6) is 0.120. The first-order valence-electron chi connectivity index (χ1n) is 10.6. The third-order valence-corrected chi connectivity index (χ3v) is 6.34. The Morgan fingerprint density at radius 2 is 1.73 bits per heavy atom. The molecule has 172 valence electrons. The summed E-state index contributed by atoms with van der Waals surface area (Å²) >= 11 is 7.52. The molecule has 7 heteroatoms. The maximum absolute atomic E-state index is 13.3. The van der Waals surface area contributed by atoms with Gasteiger partial charge in [0.1, 0.15) is 12.3 Å². The molecule has 0 aliphatic carbocycles. The van der Waals surface area contributed by atoms with E-state index in [4.69, 9.17) is 16.3 Å². The molecular formula is C26H27ClN2O3S. The smallest absolute Gasteiger partial charge is 0.261 e. The summed E-state index contributed by atoms with van der Waals surface area (Å²) in [7, 11) is 0. The van der Waals surface area contributed by atoms with Gasteiger partial charge in [0.25, 0.3) is 5.91 Å². The lowest BCUT2D eigenvalue weighted by Crippen LogP contribution is -2.44. The summed E-state index contributed by atoms with van der Waals surface area (Å²) in [5.41, 5.74) is 2.19. The van der Waals surface area contributed by atoms with Crippen molar-refractivity contribution in [2.45, 2.75) is 20.0 Å². The van der Waals surface area contributed by atoms with E-state index in [1.54, 1.807) is 46.6 Å². The molecule has 0 fully saturated rings. The molecule has 3 rings (SSSR count). The van der Waals surface area contributed by atoms with E-state index in [-0.39, 0.29) is 31.5 Å². The highest BCUT2D eigenvalue weighted by Crippen LogP contribution is 2.20. The van der Waals surface area contributed by atoms with Crippen LogP contribution in [0.2, 0.25) is 5.02 Å². The summed E-state index contributed by atoms with van der Waals surface area (Å²) in [5, 5.41) is 2.62. The predicted octanol–water partition coefficient (Wildman–Crippen LogP) is 5.33. The second kappa shape index (κ2) is 12.2. The van der Waals surface area contributed by atoms with Crippen LogP contribution in [0.15, 0.2) is 78.7 Å². The van der Waals surface area contributed by atoms with Crippen LogP contribution < -0.4 is 4.74 Å². The molecule has 0 aliphatic heterocycles. The van der Waals surface area contributed by atoms with E-state index in [0.717, 1.165) is 16.0 Å². The summed E-state index contributed by atoms with van der Waals surface area (Å²) in [4.78, 5) is 30.5. The van der Waals surface area contributed by atoms with Gasteiger partial charge >= 0.3 is 0 Å². The van der Waals surface area contributed by atoms with Gasteiger partial charge in [-0.25, -0.2) is 0 Å². The van der Waals surface area contributed by atoms with Gasteiger partial charge in [0.2, 0.25) is 5.91 Å². The number of carbonyl (C=O) groups is 2. The first-order valence-corrected chi connectivity index (χ1v) is 11.8. The topological polar surface area (TPSA) is 49.9 Å². The van der Waals surface area contributed by atoms with E-state index in [0.29, 0.717) is 23.9 Å². The van der Waals surface area contributed by atoms with Crippen LogP contribution in [-0.4, -0.2) is 41.3 Å². The average molecular weight is 483 g/mol. The van der Waals surface area contributed by atoms with E-state index in [2.05, 4.69) is 6.58 Å². The number of nitrogens with zero attached hydrogens (tertiary/aromatic N) is 2. The molecule has 0 aliphatic rings. The van der Waals surface area contributed by atoms with Gasteiger partial charge in [-0.05, 0) is 53.8 Å². The van der Waals surface area contributed by atoms with Crippen molar-refractivity contribution in [3.63, 3.8) is 0 Å². The number of hydrogen-bond acceptors (Lipinski definition) is 4. The maximum Gasteiger partial charge on any atom is 0.261 e. The predicted molar refractivity (Wildman–Crippen MR) is 133 cm³/mol. The highest BCUT2D eigenvalue weighted by atomic mass is 35.5. The molecule has 0 atom stereocenters. The zero-order valence-electron chi connectivity index (χ0n) is 18.6. The number of halogens is 1. The molecule has 0 saturated carbocycles. The SMILES string of the molecule is C=CCN(CC(=O)N(Cc1ccccc1)Cc1sccc1C)C(=O)COc1ccc(Cl)cc1. The average Bonchev–Trinajstić information content (AvgIpc) is 3.22. The molecular weight excluding hydrogens is 456 g/mol. The van der Waals surface area contributed by atoms with Crippen LogP contribution in [0.25, 0.3) is 0 Å². The van der Waals surface area contributed by atoms with Crippen molar-refractivity contribution < 1.29 is 14.3 Å². The molecule has 0 N–H and O–H groups in total. The minimum absolute atomic E-state index is 0.0495. The van der Waals surface area contributed by atoms with Crippen LogP contribution in [0.3, 0.4) is 0 Å². The highest BCUT2D eigenvalue weighted by molar-refractivity contribution is 7.10. The number of ether oxygens (including phenoxy) is 1. The molecule has 1 heterocycles. The zero-order chi connectivity index (χ0) is 23.6. The molecule has 2 amide bonds. The number of aryl methyl sites for hydroxylation is 1. The van der Waals surface area contributed by atoms with Crippen molar-refractivity contribution in [3.05, 3.63) is 99.7 Å². The fourth-order valence-corrected chi connectivity index (χ4v) is 4.26. The van der Waals surface area contributed by atoms with E-state index in [1.807, 2.05) is 48.7 Å². The van der Waals surface area contributed by atoms with Gasteiger partial charge in [0.15, 0.2) is 6.61 Å². The molecule has 0 saturated heterocycles. The minimum Gasteiger partial charge on any atom is -0.484 e. The molecule has 0 bridgehead atoms. The largest absolute Gasteiger partial charge is 0.484 e. The standard InChI is InChI=1S/C26H27ClN2O3S/c1-3-14-28(26(31)19-32-23-11-9-22(27)10-12-23)18-25(30)29(16-21-7-5-4-6-8-21)17-24-20(2)13-15-33-24/h3-13,15H,1,14,16-19H2,2H3. The van der Waals surface area contributed by atoms with Crippen LogP contribution in [-0.2, 0) is 22.7 Å². The van der Waals surface area contributed by atoms with E-state index < -0.39 is 0 Å². The molecule has 3 aromatic rings. The first kappa shape index (κ1) is 24.6. The Morgan fingerprint density at radius 1 is 1.00 bits per heavy atom. The Balaban J connectivity index is 1.69. The van der Waals surface area contributed by atoms with Gasteiger partial charge in [-0.1, -0.05) is 48.0 Å². The third-order valence-electron chi connectivity index (χ3n) is 5.08. The van der Waals surface area contributed by atoms with Gasteiger partial charge in [-0.15, -0.1) is 17.9 Å². The Kier molecular flexibility index (Phi) is 9.10. The van der Waals surface area contributed by atoms with Gasteiger partial charge in [-0.3, -0.25) is 9.59 Å². The number of carbonyl (C=O) groups excluding carboxylic acids is 2. The second-order valence-electron chi connectivity index (χ2n) is 7.57. The highest BCUT2D eigenvalue weighted by Gasteiger charge is 2.22. The van der Waals surface area contributed by atoms with Crippen molar-refractivity contribution in [3.8, 4) is 5.75 Å². The third kappa shape index (κ3) is 7.48. The first-order chi connectivity index (χ1) is 16.0. The van der Waals surface area contributed by atoms with Crippen molar-refractivity contribution in [2.24, 2.45) is 0 Å². The fraction of sp³-hybridized carbons (Fsp3) is 0.231. The molecule has 0 unspecified atom stereocenters. The summed E-state index contributed by atoms with van der Waals surface area (Å²) in [6, 6.07) is 18.7. The maximum atomic E-state index is 13.3. The summed E-state index contributed by atoms with van der Waals surface area (Å²) in [6.45, 7) is 6.76. The van der Waals surface area contributed by atoms with Crippen LogP contribution in [0.1, 0.15) is 16.0 Å². The Bertz CT molecular complexity index is 1070. The quantitative estimate of drug-likeness (QED) is 0.347. The second-order valence-corrected chi connectivity index (χ2v) is 9.00. The monoisotopic (exact) mass is 482 g/mol. The van der Waals surface area contributed by atoms with Crippen LogP contribution >= 0.6 is 22.9 Å². The van der Waals surface area contributed by atoms with Crippen LogP contribution in [0.4, 0.5) is 0 Å². The van der Waals surface area contributed by atoms with Crippen molar-refractivity contribution in [1.29, 1.82) is 0 Å². The number of rotatable bonds is 11. The van der Waals surface area contributed by atoms with Crippen LogP contribution in [0.5, 0.6) is 5.75 Å². The molecule has 5 nitrogen and oxygen atoms in total. The lowest BCUT2D eigenvalue weighted by Gasteiger charge is -2.27.